The first-order valence-electron chi connectivity index (χ1n) is 6.17. The van der Waals surface area contributed by atoms with E-state index in [2.05, 4.69) is 20.8 Å². The zero-order valence-electron chi connectivity index (χ0n) is 11.4. The predicted molar refractivity (Wildman–Crippen MR) is 82.3 cm³/mol. The van der Waals surface area contributed by atoms with Gasteiger partial charge >= 0.3 is 0 Å². The minimum absolute atomic E-state index is 0. The summed E-state index contributed by atoms with van der Waals surface area (Å²) >= 11 is 13.7. The largest absolute Gasteiger partial charge is 1.00 e. The van der Waals surface area contributed by atoms with Gasteiger partial charge in [-0.05, 0) is 35.0 Å². The van der Waals surface area contributed by atoms with Crippen LogP contribution in [0, 0.1) is 0 Å². The summed E-state index contributed by atoms with van der Waals surface area (Å²) in [5, 5.41) is 16.7. The van der Waals surface area contributed by atoms with E-state index in [1.54, 1.807) is 22.5 Å². The van der Waals surface area contributed by atoms with E-state index in [-0.39, 0.29) is 12.4 Å². The van der Waals surface area contributed by atoms with Crippen LogP contribution in [0.15, 0.2) is 23.4 Å². The van der Waals surface area contributed by atoms with Gasteiger partial charge in [-0.25, -0.2) is 4.68 Å². The molecule has 0 bridgehead atoms. The molecule has 1 heterocycles. The topological polar surface area (TPSA) is 55.6 Å². The molecule has 116 valence electrons. The maximum absolute atomic E-state index is 6.12. The summed E-state index contributed by atoms with van der Waals surface area (Å²) < 4.78 is 1.67. The van der Waals surface area contributed by atoms with Crippen LogP contribution in [0.2, 0.25) is 10.0 Å². The van der Waals surface area contributed by atoms with E-state index in [1.807, 2.05) is 19.2 Å². The van der Waals surface area contributed by atoms with Crippen molar-refractivity contribution in [3.05, 3.63) is 33.8 Å². The molecule has 0 aliphatic rings. The Kier molecular flexibility index (Phi) is 8.36. The van der Waals surface area contributed by atoms with Crippen LogP contribution in [0.25, 0.3) is 0 Å². The Morgan fingerprint density at radius 2 is 2.14 bits per heavy atom. The molecule has 0 radical (unpaired) electrons. The van der Waals surface area contributed by atoms with Gasteiger partial charge in [0.2, 0.25) is 5.16 Å². The number of hydrogen-bond acceptors (Lipinski definition) is 5. The lowest BCUT2D eigenvalue weighted by molar-refractivity contribution is -0.00000414. The van der Waals surface area contributed by atoms with Crippen LogP contribution in [0.3, 0.4) is 0 Å². The summed E-state index contributed by atoms with van der Waals surface area (Å²) in [4.78, 5) is 0. The quantitative estimate of drug-likeness (QED) is 0.542. The molecule has 21 heavy (non-hydrogen) atoms. The second-order valence-electron chi connectivity index (χ2n) is 4.18. The third-order valence-corrected chi connectivity index (χ3v) is 4.61. The number of thioether (sulfide) groups is 1. The van der Waals surface area contributed by atoms with Crippen molar-refractivity contribution in [2.45, 2.75) is 18.1 Å². The van der Waals surface area contributed by atoms with Gasteiger partial charge in [0.25, 0.3) is 0 Å². The smallest absolute Gasteiger partial charge is 0.209 e. The molecule has 9 heteroatoms. The maximum atomic E-state index is 6.12. The second kappa shape index (κ2) is 9.48. The molecule has 1 N–H and O–H groups in total. The fourth-order valence-electron chi connectivity index (χ4n) is 1.61. The molecule has 2 rings (SSSR count). The van der Waals surface area contributed by atoms with Gasteiger partial charge in [0, 0.05) is 19.3 Å². The number of halogens is 3. The number of rotatable bonds is 7. The Morgan fingerprint density at radius 3 is 2.86 bits per heavy atom. The van der Waals surface area contributed by atoms with E-state index in [1.165, 1.54) is 0 Å². The van der Waals surface area contributed by atoms with Gasteiger partial charge in [-0.15, -0.1) is 5.10 Å². The van der Waals surface area contributed by atoms with Gasteiger partial charge in [0.15, 0.2) is 0 Å². The number of aromatic nitrogens is 4. The molecule has 0 aliphatic heterocycles. The molecule has 5 nitrogen and oxygen atoms in total. The van der Waals surface area contributed by atoms with Gasteiger partial charge in [0.1, 0.15) is 0 Å². The van der Waals surface area contributed by atoms with Crippen molar-refractivity contribution < 1.29 is 12.4 Å². The first kappa shape index (κ1) is 18.5. The predicted octanol–water partition coefficient (Wildman–Crippen LogP) is -0.207. The number of nitrogens with one attached hydrogen (secondary N) is 1. The Bertz CT molecular complexity index is 564. The lowest BCUT2D eigenvalue weighted by atomic mass is 10.2. The lowest BCUT2D eigenvalue weighted by Gasteiger charge is -2.07. The monoisotopic (exact) mass is 366 g/mol. The lowest BCUT2D eigenvalue weighted by Crippen LogP contribution is -3.00. The highest BCUT2D eigenvalue weighted by Crippen LogP contribution is 2.25. The van der Waals surface area contributed by atoms with Crippen molar-refractivity contribution in [3.63, 3.8) is 0 Å². The van der Waals surface area contributed by atoms with Gasteiger partial charge < -0.3 is 17.7 Å². The molecular weight excluding hydrogens is 353 g/mol. The fourth-order valence-corrected chi connectivity index (χ4v) is 2.79. The summed E-state index contributed by atoms with van der Waals surface area (Å²) in [6.07, 6.45) is 1.02. The average molecular weight is 368 g/mol. The summed E-state index contributed by atoms with van der Waals surface area (Å²) in [6.45, 7) is 1.62. The minimum atomic E-state index is 0. The van der Waals surface area contributed by atoms with E-state index in [4.69, 9.17) is 23.2 Å². The molecule has 2 aromatic rings. The van der Waals surface area contributed by atoms with Gasteiger partial charge in [-0.1, -0.05) is 47.1 Å². The van der Waals surface area contributed by atoms with E-state index >= 15 is 0 Å². The van der Waals surface area contributed by atoms with Crippen molar-refractivity contribution in [3.8, 4) is 0 Å². The van der Waals surface area contributed by atoms with E-state index < -0.39 is 0 Å². The first-order chi connectivity index (χ1) is 9.68. The molecule has 0 saturated carbocycles. The third-order valence-electron chi connectivity index (χ3n) is 2.66. The van der Waals surface area contributed by atoms with Crippen molar-refractivity contribution in [2.24, 2.45) is 7.05 Å². The average Bonchev–Trinajstić information content (AvgIpc) is 2.84. The van der Waals surface area contributed by atoms with Crippen molar-refractivity contribution >= 4 is 35.0 Å². The molecule has 0 atom stereocenters. The molecule has 1 aromatic carbocycles. The molecule has 0 spiro atoms. The standard InChI is InChI=1S/C12H15Cl2N5S.ClH/c1-19-12(16-17-18-19)20-7-3-6-15-8-9-4-2-5-10(13)11(9)14;/h2,4-5,15H,3,6-8H2,1H3;1H/p-1. The number of hydrogen-bond donors (Lipinski definition) is 1. The number of benzene rings is 1. The van der Waals surface area contributed by atoms with Crippen LogP contribution in [0.4, 0.5) is 0 Å². The fraction of sp³-hybridized carbons (Fsp3) is 0.417. The van der Waals surface area contributed by atoms with E-state index in [0.29, 0.717) is 10.0 Å². The summed E-state index contributed by atoms with van der Waals surface area (Å²) in [5.41, 5.74) is 1.02. The Hall–Kier alpha value is -0.530. The zero-order chi connectivity index (χ0) is 14.4. The molecule has 0 fully saturated rings. The molecule has 0 aliphatic carbocycles. The number of nitrogens with zero attached hydrogens (tertiary/aromatic N) is 4. The van der Waals surface area contributed by atoms with Crippen LogP contribution in [0.1, 0.15) is 12.0 Å². The van der Waals surface area contributed by atoms with Crippen LogP contribution in [-0.2, 0) is 13.6 Å². The minimum Gasteiger partial charge on any atom is -1.00 e. The summed E-state index contributed by atoms with van der Waals surface area (Å²) in [5.74, 6) is 0.963. The van der Waals surface area contributed by atoms with Crippen LogP contribution in [0.5, 0.6) is 0 Å². The molecule has 0 unspecified atom stereocenters. The van der Waals surface area contributed by atoms with E-state index in [0.717, 1.165) is 36.0 Å². The highest BCUT2D eigenvalue weighted by Gasteiger charge is 2.04. The van der Waals surface area contributed by atoms with Gasteiger partial charge in [-0.2, -0.15) is 0 Å². The Morgan fingerprint density at radius 1 is 1.33 bits per heavy atom. The van der Waals surface area contributed by atoms with Gasteiger partial charge in [-0.3, -0.25) is 0 Å². The van der Waals surface area contributed by atoms with Gasteiger partial charge in [0.05, 0.1) is 10.0 Å². The highest BCUT2D eigenvalue weighted by atomic mass is 35.5. The Labute approximate surface area is 144 Å². The van der Waals surface area contributed by atoms with Crippen molar-refractivity contribution in [1.82, 2.24) is 25.5 Å². The third kappa shape index (κ3) is 5.64. The summed E-state index contributed by atoms with van der Waals surface area (Å²) in [6, 6.07) is 5.67. The number of tetrazole rings is 1. The molecule has 1 aromatic heterocycles. The Balaban J connectivity index is 0.00000220. The normalized spacial score (nSPS) is 10.4. The number of aryl methyl sites for hydroxylation is 1. The van der Waals surface area contributed by atoms with Crippen LogP contribution < -0.4 is 17.7 Å². The van der Waals surface area contributed by atoms with Crippen LogP contribution >= 0.6 is 35.0 Å². The zero-order valence-corrected chi connectivity index (χ0v) is 14.5. The van der Waals surface area contributed by atoms with Crippen molar-refractivity contribution in [1.29, 1.82) is 0 Å². The first-order valence-corrected chi connectivity index (χ1v) is 7.91. The molecular formula is C12H15Cl3N5S-. The van der Waals surface area contributed by atoms with E-state index in [9.17, 15) is 0 Å². The molecule has 0 saturated heterocycles. The van der Waals surface area contributed by atoms with Crippen molar-refractivity contribution in [2.75, 3.05) is 12.3 Å². The summed E-state index contributed by atoms with van der Waals surface area (Å²) in [7, 11) is 1.84. The second-order valence-corrected chi connectivity index (χ2v) is 6.02. The highest BCUT2D eigenvalue weighted by molar-refractivity contribution is 7.99. The van der Waals surface area contributed by atoms with Crippen LogP contribution in [-0.4, -0.2) is 32.5 Å². The molecule has 0 amide bonds. The SMILES string of the molecule is Cn1nnnc1SCCCNCc1cccc(Cl)c1Cl.[Cl-]. The maximum Gasteiger partial charge on any atom is 0.209 e.